The Balaban J connectivity index is 1.81. The second-order valence-corrected chi connectivity index (χ2v) is 6.32. The van der Waals surface area contributed by atoms with E-state index in [1.807, 2.05) is 18.2 Å². The predicted molar refractivity (Wildman–Crippen MR) is 93.9 cm³/mol. The molecule has 5 heteroatoms. The normalized spacial score (nSPS) is 18.4. The van der Waals surface area contributed by atoms with Gasteiger partial charge in [0.2, 0.25) is 0 Å². The second kappa shape index (κ2) is 6.32. The Labute approximate surface area is 140 Å². The van der Waals surface area contributed by atoms with E-state index >= 15 is 0 Å². The summed E-state index contributed by atoms with van der Waals surface area (Å²) < 4.78 is 2.30. The quantitative estimate of drug-likeness (QED) is 0.777. The molecule has 1 atom stereocenters. The van der Waals surface area contributed by atoms with E-state index in [-0.39, 0.29) is 6.04 Å². The molecule has 23 heavy (non-hydrogen) atoms. The van der Waals surface area contributed by atoms with Crippen LogP contribution in [-0.2, 0) is 6.54 Å². The van der Waals surface area contributed by atoms with Gasteiger partial charge in [-0.25, -0.2) is 4.98 Å². The largest absolute Gasteiger partial charge is 0.322 e. The molecule has 2 heterocycles. The Bertz CT molecular complexity index is 807. The summed E-state index contributed by atoms with van der Waals surface area (Å²) in [5.41, 5.74) is 3.35. The van der Waals surface area contributed by atoms with Gasteiger partial charge in [-0.1, -0.05) is 41.9 Å². The van der Waals surface area contributed by atoms with Gasteiger partial charge in [0.15, 0.2) is 0 Å². The summed E-state index contributed by atoms with van der Waals surface area (Å²) in [5, 5.41) is 7.72. The van der Waals surface area contributed by atoms with Gasteiger partial charge in [0, 0.05) is 31.2 Å². The van der Waals surface area contributed by atoms with Gasteiger partial charge in [-0.15, -0.1) is 0 Å². The van der Waals surface area contributed by atoms with Gasteiger partial charge in [-0.2, -0.15) is 0 Å². The summed E-state index contributed by atoms with van der Waals surface area (Å²) in [6, 6.07) is 16.7. The van der Waals surface area contributed by atoms with Crippen molar-refractivity contribution < 1.29 is 0 Å². The van der Waals surface area contributed by atoms with Crippen molar-refractivity contribution in [3.63, 3.8) is 0 Å². The summed E-state index contributed by atoms with van der Waals surface area (Å²) >= 11 is 6.15. The zero-order valence-corrected chi connectivity index (χ0v) is 13.6. The van der Waals surface area contributed by atoms with Crippen molar-refractivity contribution in [3.8, 4) is 0 Å². The maximum absolute atomic E-state index is 6.15. The zero-order chi connectivity index (χ0) is 15.6. The number of hydrogen-bond acceptors (Lipinski definition) is 3. The molecule has 1 aliphatic heterocycles. The van der Waals surface area contributed by atoms with Gasteiger partial charge in [-0.05, 0) is 23.8 Å². The number of imidazole rings is 1. The van der Waals surface area contributed by atoms with Crippen LogP contribution in [0.15, 0.2) is 48.5 Å². The molecule has 1 fully saturated rings. The topological polar surface area (TPSA) is 41.9 Å². The first-order valence-corrected chi connectivity index (χ1v) is 8.33. The minimum absolute atomic E-state index is 0.221. The molecule has 118 valence electrons. The lowest BCUT2D eigenvalue weighted by molar-refractivity contribution is 0.406. The lowest BCUT2D eigenvalue weighted by Crippen LogP contribution is -2.43. The Hall–Kier alpha value is -1.88. The minimum Gasteiger partial charge on any atom is -0.322 e. The third-order valence-electron chi connectivity index (χ3n) is 4.28. The highest BCUT2D eigenvalue weighted by Gasteiger charge is 2.22. The molecule has 1 unspecified atom stereocenters. The molecule has 3 aromatic rings. The van der Waals surface area contributed by atoms with Crippen LogP contribution in [0.2, 0.25) is 5.02 Å². The van der Waals surface area contributed by atoms with Crippen LogP contribution in [0.3, 0.4) is 0 Å². The number of aromatic nitrogens is 2. The average molecular weight is 327 g/mol. The predicted octanol–water partition coefficient (Wildman–Crippen LogP) is 2.97. The van der Waals surface area contributed by atoms with Crippen molar-refractivity contribution in [1.82, 2.24) is 20.2 Å². The van der Waals surface area contributed by atoms with Crippen LogP contribution in [0.5, 0.6) is 0 Å². The van der Waals surface area contributed by atoms with Crippen molar-refractivity contribution in [3.05, 3.63) is 64.9 Å². The molecule has 0 spiro atoms. The van der Waals surface area contributed by atoms with Crippen LogP contribution in [0.25, 0.3) is 11.0 Å². The second-order valence-electron chi connectivity index (χ2n) is 5.89. The summed E-state index contributed by atoms with van der Waals surface area (Å²) in [4.78, 5) is 4.87. The van der Waals surface area contributed by atoms with Crippen molar-refractivity contribution in [2.45, 2.75) is 12.6 Å². The van der Waals surface area contributed by atoms with E-state index in [4.69, 9.17) is 16.6 Å². The smallest absolute Gasteiger partial charge is 0.128 e. The highest BCUT2D eigenvalue weighted by molar-refractivity contribution is 6.31. The Morgan fingerprint density at radius 1 is 1.13 bits per heavy atom. The summed E-state index contributed by atoms with van der Waals surface area (Å²) in [6.07, 6.45) is 0. The van der Waals surface area contributed by atoms with E-state index in [1.54, 1.807) is 0 Å². The van der Waals surface area contributed by atoms with Gasteiger partial charge in [-0.3, -0.25) is 0 Å². The molecule has 0 saturated carbocycles. The molecular formula is C18H19ClN4. The molecule has 4 nitrogen and oxygen atoms in total. The van der Waals surface area contributed by atoms with Crippen LogP contribution in [-0.4, -0.2) is 29.2 Å². The molecule has 0 bridgehead atoms. The molecule has 4 rings (SSSR count). The summed E-state index contributed by atoms with van der Waals surface area (Å²) in [6.45, 7) is 3.67. The lowest BCUT2D eigenvalue weighted by atomic mass is 10.2. The fourth-order valence-electron chi connectivity index (χ4n) is 3.16. The highest BCUT2D eigenvalue weighted by Crippen LogP contribution is 2.25. The van der Waals surface area contributed by atoms with Crippen molar-refractivity contribution in [1.29, 1.82) is 0 Å². The average Bonchev–Trinajstić information content (AvgIpc) is 2.94. The molecule has 0 radical (unpaired) electrons. The Morgan fingerprint density at radius 2 is 2.00 bits per heavy atom. The van der Waals surface area contributed by atoms with Gasteiger partial charge in [0.25, 0.3) is 0 Å². The molecule has 2 aromatic carbocycles. The standard InChI is InChI=1S/C18H19ClN4/c19-14-6-7-17-15(10-14)22-18(16-11-20-8-9-21-16)23(17)12-13-4-2-1-3-5-13/h1-7,10,16,20-21H,8-9,11-12H2. The van der Waals surface area contributed by atoms with Crippen molar-refractivity contribution >= 4 is 22.6 Å². The fourth-order valence-corrected chi connectivity index (χ4v) is 3.32. The Morgan fingerprint density at radius 3 is 2.78 bits per heavy atom. The molecule has 2 N–H and O–H groups in total. The molecule has 1 aromatic heterocycles. The van der Waals surface area contributed by atoms with Crippen LogP contribution >= 0.6 is 11.6 Å². The van der Waals surface area contributed by atoms with Gasteiger partial charge in [0.05, 0.1) is 17.1 Å². The fraction of sp³-hybridized carbons (Fsp3) is 0.278. The maximum atomic E-state index is 6.15. The SMILES string of the molecule is Clc1ccc2c(c1)nc(C1CNCCN1)n2Cc1ccccc1. The molecular weight excluding hydrogens is 308 g/mol. The number of rotatable bonds is 3. The third kappa shape index (κ3) is 2.98. The van der Waals surface area contributed by atoms with Crippen molar-refractivity contribution in [2.24, 2.45) is 0 Å². The number of piperazine rings is 1. The van der Waals surface area contributed by atoms with Gasteiger partial charge in [0.1, 0.15) is 5.82 Å². The number of hydrogen-bond donors (Lipinski definition) is 2. The lowest BCUT2D eigenvalue weighted by Gasteiger charge is -2.25. The number of benzene rings is 2. The van der Waals surface area contributed by atoms with E-state index in [1.165, 1.54) is 5.56 Å². The first-order valence-electron chi connectivity index (χ1n) is 7.95. The van der Waals surface area contributed by atoms with E-state index < -0.39 is 0 Å². The van der Waals surface area contributed by atoms with Gasteiger partial charge < -0.3 is 15.2 Å². The van der Waals surface area contributed by atoms with Crippen LogP contribution in [0, 0.1) is 0 Å². The first-order chi connectivity index (χ1) is 11.3. The maximum Gasteiger partial charge on any atom is 0.128 e. The number of fused-ring (bicyclic) bond motifs is 1. The summed E-state index contributed by atoms with van der Waals surface area (Å²) in [5.74, 6) is 1.07. The van der Waals surface area contributed by atoms with E-state index in [9.17, 15) is 0 Å². The highest BCUT2D eigenvalue weighted by atomic mass is 35.5. The van der Waals surface area contributed by atoms with E-state index in [2.05, 4.69) is 45.5 Å². The monoisotopic (exact) mass is 326 g/mol. The van der Waals surface area contributed by atoms with Gasteiger partial charge >= 0.3 is 0 Å². The molecule has 0 amide bonds. The van der Waals surface area contributed by atoms with Crippen LogP contribution in [0.1, 0.15) is 17.4 Å². The van der Waals surface area contributed by atoms with Crippen LogP contribution < -0.4 is 10.6 Å². The Kier molecular flexibility index (Phi) is 4.04. The van der Waals surface area contributed by atoms with Crippen molar-refractivity contribution in [2.75, 3.05) is 19.6 Å². The first kappa shape index (κ1) is 14.7. The summed E-state index contributed by atoms with van der Waals surface area (Å²) in [7, 11) is 0. The molecule has 1 saturated heterocycles. The third-order valence-corrected chi connectivity index (χ3v) is 4.51. The van der Waals surface area contributed by atoms with E-state index in [0.717, 1.165) is 48.1 Å². The molecule has 1 aliphatic rings. The zero-order valence-electron chi connectivity index (χ0n) is 12.8. The number of nitrogens with one attached hydrogen (secondary N) is 2. The van der Waals surface area contributed by atoms with Crippen LogP contribution in [0.4, 0.5) is 0 Å². The number of nitrogens with zero attached hydrogens (tertiary/aromatic N) is 2. The molecule has 0 aliphatic carbocycles. The number of halogens is 1. The van der Waals surface area contributed by atoms with E-state index in [0.29, 0.717) is 0 Å². The minimum atomic E-state index is 0.221.